The predicted molar refractivity (Wildman–Crippen MR) is 113 cm³/mol. The van der Waals surface area contributed by atoms with Crippen LogP contribution in [0.1, 0.15) is 10.5 Å². The minimum atomic E-state index is -3.09. The van der Waals surface area contributed by atoms with E-state index in [4.69, 9.17) is 10.8 Å². The molecule has 0 amide bonds. The van der Waals surface area contributed by atoms with Gasteiger partial charge in [0.1, 0.15) is 12.2 Å². The van der Waals surface area contributed by atoms with Crippen LogP contribution in [0.5, 0.6) is 0 Å². The van der Waals surface area contributed by atoms with Gasteiger partial charge in [-0.25, -0.2) is 4.98 Å². The topological polar surface area (TPSA) is 179 Å². The number of fused-ring (bicyclic) bond motifs is 5. The van der Waals surface area contributed by atoms with Gasteiger partial charge in [0.25, 0.3) is 0 Å². The monoisotopic (exact) mass is 439 g/mol. The van der Waals surface area contributed by atoms with E-state index in [1.807, 2.05) is 24.3 Å². The molecule has 2 aliphatic heterocycles. The van der Waals surface area contributed by atoms with Crippen molar-refractivity contribution in [2.24, 2.45) is 5.73 Å². The molecule has 32 heavy (non-hydrogen) atoms. The van der Waals surface area contributed by atoms with Crippen LogP contribution in [-0.2, 0) is 4.79 Å². The highest BCUT2D eigenvalue weighted by Crippen LogP contribution is 2.35. The lowest BCUT2D eigenvalue weighted by molar-refractivity contribution is -0.182. The number of para-hydroxylation sites is 1. The number of hydrogen-bond acceptors (Lipinski definition) is 9. The molecule has 0 unspecified atom stereocenters. The minimum absolute atomic E-state index is 0.145. The number of carbonyl (C=O) groups is 2. The fourth-order valence-electron chi connectivity index (χ4n) is 3.74. The first-order valence-electron chi connectivity index (χ1n) is 9.71. The van der Waals surface area contributed by atoms with Crippen molar-refractivity contribution >= 4 is 28.0 Å². The summed E-state index contributed by atoms with van der Waals surface area (Å²) in [5.41, 5.74) is 4.70. The molecule has 0 aliphatic carbocycles. The number of rotatable bonds is 7. The first-order valence-corrected chi connectivity index (χ1v) is 9.71. The standard InChI is InChI=1S/C22H21N3O7/c23-22(32,20(30)16(27)10-26)21(31)19(29)18(28)15-9-13-17(14-7-3-4-8-25(14)15)11-5-1-2-6-12(11)24-13/h1-9,16,20-21,26-27,30-32H,10,23H2/t16-,20-,21+,22+/m1/s1. The predicted octanol–water partition coefficient (Wildman–Crippen LogP) is -0.934. The third-order valence-electron chi connectivity index (χ3n) is 5.49. The molecule has 7 N–H and O–H groups in total. The molecular weight excluding hydrogens is 418 g/mol. The fraction of sp³-hybridized carbons (Fsp3) is 0.227. The van der Waals surface area contributed by atoms with E-state index in [0.717, 1.165) is 10.9 Å². The molecule has 4 atom stereocenters. The number of Topliss-reactive ketones (excluding diaryl/α,β-unsaturated/α-hetero) is 2. The highest BCUT2D eigenvalue weighted by molar-refractivity contribution is 6.45. The van der Waals surface area contributed by atoms with Gasteiger partial charge in [0.15, 0.2) is 11.8 Å². The third-order valence-corrected chi connectivity index (χ3v) is 5.49. The average Bonchev–Trinajstić information content (AvgIpc) is 3.19. The number of ketones is 2. The van der Waals surface area contributed by atoms with Gasteiger partial charge in [0.05, 0.1) is 29.0 Å². The van der Waals surface area contributed by atoms with Gasteiger partial charge < -0.3 is 29.9 Å². The summed E-state index contributed by atoms with van der Waals surface area (Å²) in [6.45, 7) is -0.997. The number of aromatic nitrogens is 2. The molecule has 1 aromatic heterocycles. The number of aliphatic hydroxyl groups excluding tert-OH is 4. The van der Waals surface area contributed by atoms with Gasteiger partial charge in [-0.2, -0.15) is 0 Å². The van der Waals surface area contributed by atoms with Crippen LogP contribution in [0, 0.1) is 0 Å². The second kappa shape index (κ2) is 8.02. The van der Waals surface area contributed by atoms with Gasteiger partial charge in [-0.15, -0.1) is 0 Å². The summed E-state index contributed by atoms with van der Waals surface area (Å²) in [5, 5.41) is 49.7. The molecule has 10 nitrogen and oxygen atoms in total. The Labute approximate surface area is 181 Å². The number of carbonyl (C=O) groups excluding carboxylic acids is 2. The van der Waals surface area contributed by atoms with Crippen LogP contribution in [0.3, 0.4) is 0 Å². The number of nitrogens with zero attached hydrogens (tertiary/aromatic N) is 2. The van der Waals surface area contributed by atoms with Gasteiger partial charge in [0, 0.05) is 17.1 Å². The molecule has 166 valence electrons. The van der Waals surface area contributed by atoms with Crippen molar-refractivity contribution in [2.45, 2.75) is 24.0 Å². The van der Waals surface area contributed by atoms with E-state index in [0.29, 0.717) is 16.7 Å². The summed E-state index contributed by atoms with van der Waals surface area (Å²) < 4.78 is 1.46. The van der Waals surface area contributed by atoms with Crippen molar-refractivity contribution in [3.63, 3.8) is 0 Å². The fourth-order valence-corrected chi connectivity index (χ4v) is 3.74. The van der Waals surface area contributed by atoms with Crippen molar-refractivity contribution in [3.8, 4) is 11.3 Å². The molecule has 0 bridgehead atoms. The Morgan fingerprint density at radius 2 is 1.78 bits per heavy atom. The summed E-state index contributed by atoms with van der Waals surface area (Å²) in [6, 6.07) is 13.9. The Bertz CT molecular complexity index is 1300. The first-order chi connectivity index (χ1) is 15.2. The van der Waals surface area contributed by atoms with Crippen LogP contribution in [0.2, 0.25) is 0 Å². The lowest BCUT2D eigenvalue weighted by Gasteiger charge is -2.34. The Kier molecular flexibility index (Phi) is 5.51. The molecule has 4 rings (SSSR count). The van der Waals surface area contributed by atoms with Crippen molar-refractivity contribution in [2.75, 3.05) is 6.61 Å². The van der Waals surface area contributed by atoms with Crippen molar-refractivity contribution in [1.29, 1.82) is 0 Å². The molecule has 0 radical (unpaired) electrons. The van der Waals surface area contributed by atoms with Crippen LogP contribution < -0.4 is 5.73 Å². The van der Waals surface area contributed by atoms with E-state index >= 15 is 0 Å². The van der Waals surface area contributed by atoms with Gasteiger partial charge in [0.2, 0.25) is 11.6 Å². The van der Waals surface area contributed by atoms with E-state index in [-0.39, 0.29) is 5.69 Å². The van der Waals surface area contributed by atoms with Gasteiger partial charge in [-0.1, -0.05) is 24.3 Å². The van der Waals surface area contributed by atoms with Crippen LogP contribution in [-0.4, -0.2) is 77.1 Å². The molecule has 0 saturated heterocycles. The number of aliphatic hydroxyl groups is 5. The third kappa shape index (κ3) is 3.35. The molecule has 3 heterocycles. The molecule has 0 fully saturated rings. The van der Waals surface area contributed by atoms with E-state index in [1.165, 1.54) is 10.5 Å². The van der Waals surface area contributed by atoms with Crippen molar-refractivity contribution in [1.82, 2.24) is 9.38 Å². The summed E-state index contributed by atoms with van der Waals surface area (Å²) >= 11 is 0. The quantitative estimate of drug-likeness (QED) is 0.120. The van der Waals surface area contributed by atoms with Crippen LogP contribution >= 0.6 is 0 Å². The Morgan fingerprint density at radius 1 is 1.09 bits per heavy atom. The second-order valence-corrected chi connectivity index (χ2v) is 7.55. The van der Waals surface area contributed by atoms with E-state index in [1.54, 1.807) is 24.4 Å². The maximum absolute atomic E-state index is 13.0. The number of nitrogens with two attached hydrogens (primary N) is 1. The lowest BCUT2D eigenvalue weighted by Crippen LogP contribution is -2.66. The van der Waals surface area contributed by atoms with Crippen LogP contribution in [0.4, 0.5) is 0 Å². The normalized spacial score (nSPS) is 16.7. The zero-order chi connectivity index (χ0) is 23.2. The average molecular weight is 439 g/mol. The van der Waals surface area contributed by atoms with Crippen LogP contribution in [0.25, 0.3) is 27.7 Å². The summed E-state index contributed by atoms with van der Waals surface area (Å²) in [7, 11) is 0. The zero-order valence-corrected chi connectivity index (χ0v) is 16.7. The number of pyridine rings is 2. The number of benzene rings is 1. The highest BCUT2D eigenvalue weighted by Gasteiger charge is 2.48. The molecule has 1 aromatic carbocycles. The maximum Gasteiger partial charge on any atom is 0.248 e. The minimum Gasteiger partial charge on any atom is -0.394 e. The van der Waals surface area contributed by atoms with Gasteiger partial charge in [-0.05, 0) is 24.3 Å². The number of hydrogen-bond donors (Lipinski definition) is 6. The van der Waals surface area contributed by atoms with Gasteiger partial charge >= 0.3 is 0 Å². The summed E-state index contributed by atoms with van der Waals surface area (Å²) in [4.78, 5) is 30.3. The van der Waals surface area contributed by atoms with E-state index in [2.05, 4.69) is 4.98 Å². The van der Waals surface area contributed by atoms with Crippen molar-refractivity contribution < 1.29 is 35.1 Å². The molecule has 0 spiro atoms. The SMILES string of the molecule is N[C@](O)([C@H](O)[C@H](O)CO)[C@@H](O)C(=O)C(=O)c1cc2nc3ccccc3c-2c2ccccn12. The van der Waals surface area contributed by atoms with E-state index in [9.17, 15) is 30.0 Å². The lowest BCUT2D eigenvalue weighted by atomic mass is 9.91. The molecular formula is C22H21N3O7. The zero-order valence-electron chi connectivity index (χ0n) is 16.7. The Morgan fingerprint density at radius 3 is 2.50 bits per heavy atom. The van der Waals surface area contributed by atoms with Gasteiger partial charge in [-0.3, -0.25) is 15.3 Å². The van der Waals surface area contributed by atoms with Crippen molar-refractivity contribution in [3.05, 3.63) is 60.4 Å². The largest absolute Gasteiger partial charge is 0.394 e. The summed E-state index contributed by atoms with van der Waals surface area (Å²) in [6.07, 6.45) is -5.27. The van der Waals surface area contributed by atoms with E-state index < -0.39 is 42.2 Å². The van der Waals surface area contributed by atoms with Crippen LogP contribution in [0.15, 0.2) is 54.7 Å². The Hall–Kier alpha value is -3.25. The molecule has 2 aromatic rings. The molecule has 0 saturated carbocycles. The first kappa shape index (κ1) is 22.0. The molecule has 2 aliphatic rings. The maximum atomic E-state index is 13.0. The summed E-state index contributed by atoms with van der Waals surface area (Å²) in [5.74, 6) is -2.70. The second-order valence-electron chi connectivity index (χ2n) is 7.55. The smallest absolute Gasteiger partial charge is 0.248 e. The molecule has 10 heteroatoms. The highest BCUT2D eigenvalue weighted by atomic mass is 16.4. The Balaban J connectivity index is 1.82.